The molecule has 1 saturated heterocycles. The summed E-state index contributed by atoms with van der Waals surface area (Å²) in [6.45, 7) is 0. The zero-order valence-corrected chi connectivity index (χ0v) is 15.2. The number of thiocarbonyl (C=S) groups is 1. The molecule has 138 valence electrons. The molecule has 0 radical (unpaired) electrons. The minimum absolute atomic E-state index is 0.0229. The third kappa shape index (κ3) is 3.28. The van der Waals surface area contributed by atoms with E-state index >= 15 is 0 Å². The van der Waals surface area contributed by atoms with Crippen LogP contribution in [-0.4, -0.2) is 15.9 Å². The minimum atomic E-state index is -0.463. The maximum Gasteiger partial charge on any atom is 0.281 e. The molecule has 7 nitrogen and oxygen atoms in total. The number of carbonyl (C=O) groups is 1. The van der Waals surface area contributed by atoms with Gasteiger partial charge in [-0.15, -0.1) is 0 Å². The van der Waals surface area contributed by atoms with Crippen molar-refractivity contribution in [1.82, 2.24) is 5.32 Å². The molecular formula is C20H13N3O4S. The van der Waals surface area contributed by atoms with Crippen LogP contribution in [0.1, 0.15) is 5.76 Å². The minimum Gasteiger partial charge on any atom is -0.457 e. The number of nitro benzene ring substituents is 1. The topological polar surface area (TPSA) is 88.6 Å². The molecule has 1 aliphatic rings. The molecular weight excluding hydrogens is 378 g/mol. The van der Waals surface area contributed by atoms with Crippen LogP contribution < -0.4 is 10.2 Å². The fraction of sp³-hybridized carbons (Fsp3) is 0. The Hall–Kier alpha value is -3.78. The van der Waals surface area contributed by atoms with E-state index in [4.69, 9.17) is 16.6 Å². The summed E-state index contributed by atoms with van der Waals surface area (Å²) in [6, 6.07) is 18.6. The van der Waals surface area contributed by atoms with Crippen molar-refractivity contribution >= 4 is 40.7 Å². The smallest absolute Gasteiger partial charge is 0.281 e. The first kappa shape index (κ1) is 17.6. The van der Waals surface area contributed by atoms with Crippen LogP contribution in [0, 0.1) is 10.1 Å². The van der Waals surface area contributed by atoms with Gasteiger partial charge in [-0.3, -0.25) is 19.8 Å². The Bertz CT molecular complexity index is 1120. The standard InChI is InChI=1S/C20H13N3O4S/c24-19-17(21-20(28)22(19)14-6-2-1-3-7-14)12-16-9-10-18(27-16)13-5-4-8-15(11-13)23(25)26/h1-12H,(H,21,28). The predicted molar refractivity (Wildman–Crippen MR) is 108 cm³/mol. The molecule has 0 saturated carbocycles. The fourth-order valence-corrected chi connectivity index (χ4v) is 3.15. The van der Waals surface area contributed by atoms with E-state index in [1.54, 1.807) is 42.5 Å². The average Bonchev–Trinajstić information content (AvgIpc) is 3.27. The predicted octanol–water partition coefficient (Wildman–Crippen LogP) is 4.12. The number of nitro groups is 1. The van der Waals surface area contributed by atoms with Crippen LogP contribution in [0.15, 0.2) is 76.8 Å². The lowest BCUT2D eigenvalue weighted by molar-refractivity contribution is -0.384. The summed E-state index contributed by atoms with van der Waals surface area (Å²) in [7, 11) is 0. The molecule has 0 unspecified atom stereocenters. The molecule has 1 amide bonds. The highest BCUT2D eigenvalue weighted by atomic mass is 32.1. The van der Waals surface area contributed by atoms with Gasteiger partial charge in [-0.2, -0.15) is 0 Å². The summed E-state index contributed by atoms with van der Waals surface area (Å²) in [4.78, 5) is 24.6. The molecule has 3 aromatic rings. The third-order valence-corrected chi connectivity index (χ3v) is 4.43. The number of benzene rings is 2. The lowest BCUT2D eigenvalue weighted by atomic mass is 10.1. The van der Waals surface area contributed by atoms with Crippen LogP contribution in [0.2, 0.25) is 0 Å². The molecule has 1 fully saturated rings. The van der Waals surface area contributed by atoms with Gasteiger partial charge in [0.15, 0.2) is 5.11 Å². The van der Waals surface area contributed by atoms with Gasteiger partial charge < -0.3 is 9.73 Å². The zero-order chi connectivity index (χ0) is 19.7. The quantitative estimate of drug-likeness (QED) is 0.312. The first-order valence-corrected chi connectivity index (χ1v) is 8.70. The average molecular weight is 391 g/mol. The van der Waals surface area contributed by atoms with Crippen molar-refractivity contribution in [3.63, 3.8) is 0 Å². The van der Waals surface area contributed by atoms with Crippen molar-refractivity contribution in [1.29, 1.82) is 0 Å². The lowest BCUT2D eigenvalue weighted by Gasteiger charge is -2.13. The number of non-ortho nitro benzene ring substituents is 1. The number of anilines is 1. The SMILES string of the molecule is O=C1C(=Cc2ccc(-c3cccc([N+](=O)[O-])c3)o2)NC(=S)N1c1ccccc1. The first-order valence-electron chi connectivity index (χ1n) is 8.30. The van der Waals surface area contributed by atoms with E-state index in [0.717, 1.165) is 0 Å². The van der Waals surface area contributed by atoms with Gasteiger partial charge in [0.05, 0.1) is 10.6 Å². The van der Waals surface area contributed by atoms with E-state index in [-0.39, 0.29) is 22.4 Å². The zero-order valence-electron chi connectivity index (χ0n) is 14.4. The molecule has 8 heteroatoms. The van der Waals surface area contributed by atoms with Gasteiger partial charge in [0.1, 0.15) is 17.2 Å². The maximum absolute atomic E-state index is 12.7. The number of carbonyl (C=O) groups excluding carboxylic acids is 1. The van der Waals surface area contributed by atoms with E-state index in [1.165, 1.54) is 17.0 Å². The van der Waals surface area contributed by atoms with Gasteiger partial charge in [0.25, 0.3) is 11.6 Å². The molecule has 1 aromatic heterocycles. The summed E-state index contributed by atoms with van der Waals surface area (Å²) in [5.41, 5.74) is 1.51. The fourth-order valence-electron chi connectivity index (χ4n) is 2.85. The van der Waals surface area contributed by atoms with Crippen LogP contribution in [0.25, 0.3) is 17.4 Å². The van der Waals surface area contributed by atoms with E-state index in [0.29, 0.717) is 22.8 Å². The van der Waals surface area contributed by atoms with Crippen molar-refractivity contribution in [3.05, 3.63) is 88.3 Å². The molecule has 0 atom stereocenters. The van der Waals surface area contributed by atoms with Crippen molar-refractivity contribution in [2.45, 2.75) is 0 Å². The maximum atomic E-state index is 12.7. The van der Waals surface area contributed by atoms with Crippen LogP contribution in [0.5, 0.6) is 0 Å². The molecule has 2 aromatic carbocycles. The van der Waals surface area contributed by atoms with Crippen LogP contribution in [0.3, 0.4) is 0 Å². The van der Waals surface area contributed by atoms with Gasteiger partial charge >= 0.3 is 0 Å². The Kier molecular flexibility index (Phi) is 4.46. The van der Waals surface area contributed by atoms with E-state index in [2.05, 4.69) is 5.32 Å². The van der Waals surface area contributed by atoms with Gasteiger partial charge in [-0.25, -0.2) is 0 Å². The second-order valence-electron chi connectivity index (χ2n) is 5.97. The number of nitrogens with one attached hydrogen (secondary N) is 1. The van der Waals surface area contributed by atoms with Crippen molar-refractivity contribution in [2.24, 2.45) is 0 Å². The number of amides is 1. The summed E-state index contributed by atoms with van der Waals surface area (Å²) in [5, 5.41) is 14.1. The van der Waals surface area contributed by atoms with Crippen molar-refractivity contribution < 1.29 is 14.1 Å². The first-order chi connectivity index (χ1) is 13.5. The molecule has 0 bridgehead atoms. The monoisotopic (exact) mass is 391 g/mol. The summed E-state index contributed by atoms with van der Waals surface area (Å²) in [6.07, 6.45) is 1.55. The van der Waals surface area contributed by atoms with Crippen LogP contribution in [0.4, 0.5) is 11.4 Å². The second-order valence-corrected chi connectivity index (χ2v) is 6.36. The summed E-state index contributed by atoms with van der Waals surface area (Å²) in [5.74, 6) is 0.600. The number of rotatable bonds is 4. The van der Waals surface area contributed by atoms with Crippen molar-refractivity contribution in [2.75, 3.05) is 4.90 Å². The molecule has 1 aliphatic heterocycles. The Morgan fingerprint density at radius 1 is 1.07 bits per heavy atom. The molecule has 4 rings (SSSR count). The Morgan fingerprint density at radius 3 is 2.61 bits per heavy atom. The number of hydrogen-bond donors (Lipinski definition) is 1. The summed E-state index contributed by atoms with van der Waals surface area (Å²) >= 11 is 5.27. The Balaban J connectivity index is 1.61. The third-order valence-electron chi connectivity index (χ3n) is 4.15. The van der Waals surface area contributed by atoms with E-state index in [1.807, 2.05) is 18.2 Å². The largest absolute Gasteiger partial charge is 0.457 e. The van der Waals surface area contributed by atoms with Gasteiger partial charge in [-0.05, 0) is 36.5 Å². The number of para-hydroxylation sites is 1. The molecule has 2 heterocycles. The normalized spacial score (nSPS) is 15.1. The highest BCUT2D eigenvalue weighted by Gasteiger charge is 2.32. The highest BCUT2D eigenvalue weighted by Crippen LogP contribution is 2.27. The van der Waals surface area contributed by atoms with E-state index in [9.17, 15) is 14.9 Å². The number of furan rings is 1. The van der Waals surface area contributed by atoms with Gasteiger partial charge in [0, 0.05) is 23.8 Å². The van der Waals surface area contributed by atoms with Crippen molar-refractivity contribution in [3.8, 4) is 11.3 Å². The number of hydrogen-bond acceptors (Lipinski definition) is 5. The Morgan fingerprint density at radius 2 is 1.86 bits per heavy atom. The molecule has 1 N–H and O–H groups in total. The summed E-state index contributed by atoms with van der Waals surface area (Å²) < 4.78 is 5.74. The Labute approximate surface area is 165 Å². The molecule has 0 spiro atoms. The molecule has 28 heavy (non-hydrogen) atoms. The van der Waals surface area contributed by atoms with Crippen LogP contribution in [-0.2, 0) is 4.79 Å². The lowest BCUT2D eigenvalue weighted by Crippen LogP contribution is -2.30. The van der Waals surface area contributed by atoms with E-state index < -0.39 is 4.92 Å². The van der Waals surface area contributed by atoms with Crippen LogP contribution >= 0.6 is 12.2 Å². The number of nitrogens with zero attached hydrogens (tertiary/aromatic N) is 2. The molecule has 0 aliphatic carbocycles. The van der Waals surface area contributed by atoms with Gasteiger partial charge in [-0.1, -0.05) is 30.3 Å². The van der Waals surface area contributed by atoms with Gasteiger partial charge in [0.2, 0.25) is 0 Å². The second kappa shape index (κ2) is 7.09. The highest BCUT2D eigenvalue weighted by molar-refractivity contribution is 7.80.